The highest BCUT2D eigenvalue weighted by Crippen LogP contribution is 2.24. The second kappa shape index (κ2) is 12.7. The topological polar surface area (TPSA) is 81.1 Å². The quantitative estimate of drug-likeness (QED) is 0.183. The second-order valence-electron chi connectivity index (χ2n) is 9.03. The van der Waals surface area contributed by atoms with E-state index in [1.54, 1.807) is 0 Å². The molecule has 0 fully saturated rings. The van der Waals surface area contributed by atoms with Gasteiger partial charge in [-0.05, 0) is 73.2 Å². The number of urea groups is 1. The summed E-state index contributed by atoms with van der Waals surface area (Å²) in [6, 6.07) is 18.7. The van der Waals surface area contributed by atoms with Gasteiger partial charge in [-0.3, -0.25) is 5.32 Å². The Labute approximate surface area is 235 Å². The SMILES string of the molecule is CCc1cccc(C)c1C(=S)NC(=O)NCCCc1cccc(-c2ncn(-c3ccc(OC(F)(F)F)cc3)n2)c1. The highest BCUT2D eigenvalue weighted by atomic mass is 32.1. The molecule has 0 saturated carbocycles. The van der Waals surface area contributed by atoms with Crippen LogP contribution in [0.3, 0.4) is 0 Å². The Balaban J connectivity index is 1.29. The van der Waals surface area contributed by atoms with Crippen LogP contribution in [0.25, 0.3) is 17.1 Å². The maximum absolute atomic E-state index is 12.4. The monoisotopic (exact) mass is 567 g/mol. The van der Waals surface area contributed by atoms with Crippen LogP contribution in [0.1, 0.15) is 35.6 Å². The third kappa shape index (κ3) is 7.66. The van der Waals surface area contributed by atoms with Crippen LogP contribution in [0.2, 0.25) is 0 Å². The minimum atomic E-state index is -4.75. The summed E-state index contributed by atoms with van der Waals surface area (Å²) in [5.74, 6) is 0.169. The van der Waals surface area contributed by atoms with E-state index in [4.69, 9.17) is 12.2 Å². The predicted octanol–water partition coefficient (Wildman–Crippen LogP) is 6.31. The Morgan fingerprint density at radius 1 is 1.07 bits per heavy atom. The van der Waals surface area contributed by atoms with E-state index in [1.807, 2.05) is 49.4 Å². The summed E-state index contributed by atoms with van der Waals surface area (Å²) in [5.41, 5.74) is 5.41. The number of nitrogens with zero attached hydrogens (tertiary/aromatic N) is 3. The number of thiocarbonyl (C=S) groups is 1. The molecule has 0 bridgehead atoms. The van der Waals surface area contributed by atoms with Gasteiger partial charge < -0.3 is 10.1 Å². The van der Waals surface area contributed by atoms with E-state index in [0.717, 1.165) is 40.7 Å². The van der Waals surface area contributed by atoms with Crippen LogP contribution < -0.4 is 15.4 Å². The maximum atomic E-state index is 12.4. The van der Waals surface area contributed by atoms with Crippen LogP contribution in [0.5, 0.6) is 5.75 Å². The molecule has 1 heterocycles. The van der Waals surface area contributed by atoms with Gasteiger partial charge in [0.25, 0.3) is 0 Å². The second-order valence-corrected chi connectivity index (χ2v) is 9.44. The van der Waals surface area contributed by atoms with Gasteiger partial charge in [-0.2, -0.15) is 0 Å². The summed E-state index contributed by atoms with van der Waals surface area (Å²) < 4.78 is 42.5. The minimum Gasteiger partial charge on any atom is -0.406 e. The van der Waals surface area contributed by atoms with Crippen LogP contribution in [0.4, 0.5) is 18.0 Å². The lowest BCUT2D eigenvalue weighted by molar-refractivity contribution is -0.274. The number of hydrogen-bond acceptors (Lipinski definition) is 5. The van der Waals surface area contributed by atoms with E-state index in [0.29, 0.717) is 29.5 Å². The van der Waals surface area contributed by atoms with E-state index in [9.17, 15) is 18.0 Å². The third-order valence-corrected chi connectivity index (χ3v) is 6.44. The molecule has 2 amide bonds. The first-order chi connectivity index (χ1) is 19.1. The average molecular weight is 568 g/mol. The van der Waals surface area contributed by atoms with Crippen molar-refractivity contribution in [2.75, 3.05) is 6.54 Å². The molecule has 208 valence electrons. The molecule has 7 nitrogen and oxygen atoms in total. The van der Waals surface area contributed by atoms with Crippen LogP contribution in [-0.4, -0.2) is 38.7 Å². The molecule has 1 aromatic heterocycles. The molecule has 4 rings (SSSR count). The molecule has 0 radical (unpaired) electrons. The number of aryl methyl sites for hydroxylation is 3. The van der Waals surface area contributed by atoms with Crippen LogP contribution in [-0.2, 0) is 12.8 Å². The van der Waals surface area contributed by atoms with Crippen LogP contribution in [0, 0.1) is 6.92 Å². The molecule has 0 aliphatic heterocycles. The summed E-state index contributed by atoms with van der Waals surface area (Å²) in [6.07, 6.45) is -0.998. The number of benzene rings is 3. The number of hydrogen-bond donors (Lipinski definition) is 2. The normalized spacial score (nSPS) is 11.2. The van der Waals surface area contributed by atoms with Crippen molar-refractivity contribution in [2.24, 2.45) is 0 Å². The number of rotatable bonds is 9. The Morgan fingerprint density at radius 2 is 1.82 bits per heavy atom. The Morgan fingerprint density at radius 3 is 2.55 bits per heavy atom. The summed E-state index contributed by atoms with van der Waals surface area (Å²) in [4.78, 5) is 17.2. The number of carbonyl (C=O) groups excluding carboxylic acids is 1. The molecule has 0 atom stereocenters. The van der Waals surface area contributed by atoms with Gasteiger partial charge in [-0.1, -0.05) is 55.5 Å². The molecular weight excluding hydrogens is 539 g/mol. The molecule has 0 aliphatic rings. The van der Waals surface area contributed by atoms with E-state index < -0.39 is 6.36 Å². The van der Waals surface area contributed by atoms with Gasteiger partial charge in [0.2, 0.25) is 0 Å². The molecule has 4 aromatic rings. The Hall–Kier alpha value is -4.25. The zero-order chi connectivity index (χ0) is 28.7. The Kier molecular flexibility index (Phi) is 9.15. The number of carbonyl (C=O) groups is 1. The largest absolute Gasteiger partial charge is 0.573 e. The molecule has 0 spiro atoms. The molecule has 40 heavy (non-hydrogen) atoms. The zero-order valence-electron chi connectivity index (χ0n) is 22.0. The van der Waals surface area contributed by atoms with Gasteiger partial charge in [0.05, 0.1) is 5.69 Å². The minimum absolute atomic E-state index is 0.309. The van der Waals surface area contributed by atoms with Gasteiger partial charge in [-0.25, -0.2) is 14.5 Å². The van der Waals surface area contributed by atoms with Crippen molar-refractivity contribution in [2.45, 2.75) is 39.5 Å². The maximum Gasteiger partial charge on any atom is 0.573 e. The van der Waals surface area contributed by atoms with Gasteiger partial charge in [-0.15, -0.1) is 18.3 Å². The lowest BCUT2D eigenvalue weighted by Crippen LogP contribution is -2.40. The fourth-order valence-corrected chi connectivity index (χ4v) is 4.62. The van der Waals surface area contributed by atoms with E-state index in [-0.39, 0.29) is 11.8 Å². The smallest absolute Gasteiger partial charge is 0.406 e. The average Bonchev–Trinajstić information content (AvgIpc) is 3.41. The van der Waals surface area contributed by atoms with Crippen molar-refractivity contribution in [3.05, 3.63) is 95.3 Å². The summed E-state index contributed by atoms with van der Waals surface area (Å²) in [7, 11) is 0. The summed E-state index contributed by atoms with van der Waals surface area (Å²) in [6.45, 7) is 4.49. The van der Waals surface area contributed by atoms with Crippen molar-refractivity contribution in [1.29, 1.82) is 0 Å². The lowest BCUT2D eigenvalue weighted by atomic mass is 10.00. The fourth-order valence-electron chi connectivity index (χ4n) is 4.24. The van der Waals surface area contributed by atoms with E-state index in [1.165, 1.54) is 35.3 Å². The molecule has 0 saturated heterocycles. The zero-order valence-corrected chi connectivity index (χ0v) is 22.8. The van der Waals surface area contributed by atoms with Crippen molar-refractivity contribution in [1.82, 2.24) is 25.4 Å². The van der Waals surface area contributed by atoms with Gasteiger partial charge >= 0.3 is 12.4 Å². The van der Waals surface area contributed by atoms with Crippen molar-refractivity contribution in [3.63, 3.8) is 0 Å². The molecule has 0 unspecified atom stereocenters. The number of ether oxygens (including phenoxy) is 1. The first-order valence-corrected chi connectivity index (χ1v) is 13.1. The molecule has 0 aliphatic carbocycles. The van der Waals surface area contributed by atoms with Crippen molar-refractivity contribution in [3.8, 4) is 22.8 Å². The highest BCUT2D eigenvalue weighted by Gasteiger charge is 2.31. The van der Waals surface area contributed by atoms with Gasteiger partial charge in [0.1, 0.15) is 17.1 Å². The van der Waals surface area contributed by atoms with Crippen LogP contribution >= 0.6 is 12.2 Å². The number of amides is 2. The van der Waals surface area contributed by atoms with Crippen molar-refractivity contribution < 1.29 is 22.7 Å². The number of aromatic nitrogens is 3. The molecule has 11 heteroatoms. The summed E-state index contributed by atoms with van der Waals surface area (Å²) in [5, 5.41) is 10.1. The predicted molar refractivity (Wildman–Crippen MR) is 151 cm³/mol. The Bertz CT molecular complexity index is 1490. The van der Waals surface area contributed by atoms with Gasteiger partial charge in [0, 0.05) is 17.7 Å². The van der Waals surface area contributed by atoms with E-state index in [2.05, 4.69) is 32.4 Å². The number of alkyl halides is 3. The van der Waals surface area contributed by atoms with E-state index >= 15 is 0 Å². The standard InChI is InChI=1S/C29H28F3N5O2S/c1-3-21-10-4-7-19(2)25(21)27(40)35-28(38)33-16-6-9-20-8-5-11-22(17-20)26-34-18-37(36-26)23-12-14-24(15-13-23)39-29(30,31)32/h4-5,7-8,10-15,17-18H,3,6,9,16H2,1-2H3,(H2,33,35,38,40). The fraction of sp³-hybridized carbons (Fsp3) is 0.241. The number of halogens is 3. The molecule has 3 aromatic carbocycles. The number of nitrogens with one attached hydrogen (secondary N) is 2. The van der Waals surface area contributed by atoms with Gasteiger partial charge in [0.15, 0.2) is 5.82 Å². The van der Waals surface area contributed by atoms with Crippen molar-refractivity contribution >= 4 is 23.2 Å². The van der Waals surface area contributed by atoms with Crippen LogP contribution in [0.15, 0.2) is 73.1 Å². The highest BCUT2D eigenvalue weighted by molar-refractivity contribution is 7.80. The first-order valence-electron chi connectivity index (χ1n) is 12.7. The first kappa shape index (κ1) is 28.8. The molecule has 2 N–H and O–H groups in total. The summed E-state index contributed by atoms with van der Waals surface area (Å²) >= 11 is 5.48. The lowest BCUT2D eigenvalue weighted by Gasteiger charge is -2.14. The molecular formula is C29H28F3N5O2S. The third-order valence-electron chi connectivity index (χ3n) is 6.13.